The number of hydrogen-bond acceptors (Lipinski definition) is 5. The fraction of sp³-hybridized carbons (Fsp3) is 0.700. The Labute approximate surface area is 229 Å². The molecule has 4 atom stereocenters. The van der Waals surface area contributed by atoms with Gasteiger partial charge in [0.1, 0.15) is 23.4 Å². The molecule has 0 aliphatic carbocycles. The molecule has 1 aromatic rings. The summed E-state index contributed by atoms with van der Waals surface area (Å²) >= 11 is 0. The highest BCUT2D eigenvalue weighted by atomic mass is 16.6. The Hall–Kier alpha value is -2.77. The Balaban J connectivity index is 3.67. The van der Waals surface area contributed by atoms with Crippen LogP contribution in [0.3, 0.4) is 0 Å². The lowest BCUT2D eigenvalue weighted by Gasteiger charge is -2.40. The number of rotatable bonds is 11. The van der Waals surface area contributed by atoms with E-state index in [1.807, 2.05) is 41.5 Å². The molecule has 0 fully saturated rings. The number of ether oxygens (including phenoxy) is 1. The third-order valence-corrected chi connectivity index (χ3v) is 6.28. The van der Waals surface area contributed by atoms with E-state index in [2.05, 4.69) is 24.5 Å². The SMILES string of the molecule is CCC(C)C(NC(=O)OC(C)(C)C)C(=O)N(C(C)CCC(C)C)C(C(=O)NC(C)(C)C)c1ccc(O)cc1. The van der Waals surface area contributed by atoms with Gasteiger partial charge >= 0.3 is 6.09 Å². The van der Waals surface area contributed by atoms with Crippen LogP contribution in [0.5, 0.6) is 5.75 Å². The minimum atomic E-state index is -0.962. The van der Waals surface area contributed by atoms with Crippen molar-refractivity contribution in [1.82, 2.24) is 15.5 Å². The van der Waals surface area contributed by atoms with Crippen LogP contribution in [0.25, 0.3) is 0 Å². The monoisotopic (exact) mass is 533 g/mol. The van der Waals surface area contributed by atoms with Gasteiger partial charge in [-0.1, -0.05) is 46.2 Å². The summed E-state index contributed by atoms with van der Waals surface area (Å²) in [7, 11) is 0. The summed E-state index contributed by atoms with van der Waals surface area (Å²) in [4.78, 5) is 42.6. The summed E-state index contributed by atoms with van der Waals surface area (Å²) in [6, 6.07) is 4.20. The van der Waals surface area contributed by atoms with Crippen LogP contribution < -0.4 is 10.6 Å². The summed E-state index contributed by atoms with van der Waals surface area (Å²) in [5, 5.41) is 15.7. The second kappa shape index (κ2) is 13.9. The maximum atomic E-state index is 14.4. The normalized spacial score (nSPS) is 15.3. The number of phenolic OH excluding ortho intramolecular Hbond substituents is 1. The van der Waals surface area contributed by atoms with Crippen molar-refractivity contribution in [1.29, 1.82) is 0 Å². The highest BCUT2D eigenvalue weighted by Gasteiger charge is 2.41. The zero-order chi connectivity index (χ0) is 29.4. The number of phenols is 1. The molecule has 8 heteroatoms. The molecule has 3 amide bonds. The molecular weight excluding hydrogens is 482 g/mol. The third kappa shape index (κ3) is 10.9. The van der Waals surface area contributed by atoms with Crippen molar-refractivity contribution in [2.45, 2.75) is 125 Å². The largest absolute Gasteiger partial charge is 0.508 e. The van der Waals surface area contributed by atoms with E-state index in [0.717, 1.165) is 6.42 Å². The van der Waals surface area contributed by atoms with E-state index < -0.39 is 29.3 Å². The molecule has 3 N–H and O–H groups in total. The average molecular weight is 534 g/mol. The van der Waals surface area contributed by atoms with Gasteiger partial charge in [0.05, 0.1) is 0 Å². The summed E-state index contributed by atoms with van der Waals surface area (Å²) in [6.07, 6.45) is 1.51. The standard InChI is InChI=1S/C30H51N3O5/c1-12-20(4)24(31-28(37)38-30(9,10)11)27(36)33(21(5)14-13-19(2)3)25(26(35)32-29(6,7)8)22-15-17-23(34)18-16-22/h15-21,24-25,34H,12-14H2,1-11H3,(H,31,37)(H,32,35). The van der Waals surface area contributed by atoms with Gasteiger partial charge in [-0.15, -0.1) is 0 Å². The summed E-state index contributed by atoms with van der Waals surface area (Å²) in [5.74, 6) is -0.397. The van der Waals surface area contributed by atoms with Crippen LogP contribution >= 0.6 is 0 Å². The van der Waals surface area contributed by atoms with Gasteiger partial charge in [-0.05, 0) is 90.8 Å². The minimum absolute atomic E-state index is 0.0681. The van der Waals surface area contributed by atoms with Crippen molar-refractivity contribution in [3.8, 4) is 5.75 Å². The van der Waals surface area contributed by atoms with Crippen molar-refractivity contribution >= 4 is 17.9 Å². The van der Waals surface area contributed by atoms with Gasteiger partial charge in [-0.2, -0.15) is 0 Å². The zero-order valence-electron chi connectivity index (χ0n) is 25.3. The first kappa shape index (κ1) is 33.3. The van der Waals surface area contributed by atoms with Crippen LogP contribution in [0.1, 0.15) is 107 Å². The fourth-order valence-electron chi connectivity index (χ4n) is 4.12. The molecule has 0 aromatic heterocycles. The number of nitrogens with one attached hydrogen (secondary N) is 2. The molecule has 0 saturated heterocycles. The van der Waals surface area contributed by atoms with E-state index in [9.17, 15) is 19.5 Å². The minimum Gasteiger partial charge on any atom is -0.508 e. The highest BCUT2D eigenvalue weighted by molar-refractivity contribution is 5.92. The van der Waals surface area contributed by atoms with Crippen LogP contribution in [-0.4, -0.2) is 51.1 Å². The van der Waals surface area contributed by atoms with Crippen molar-refractivity contribution in [3.05, 3.63) is 29.8 Å². The Morgan fingerprint density at radius 2 is 1.50 bits per heavy atom. The van der Waals surface area contributed by atoms with Crippen LogP contribution in [0.15, 0.2) is 24.3 Å². The molecule has 4 unspecified atom stereocenters. The maximum Gasteiger partial charge on any atom is 0.408 e. The van der Waals surface area contributed by atoms with E-state index in [-0.39, 0.29) is 29.5 Å². The average Bonchev–Trinajstić information content (AvgIpc) is 2.76. The molecule has 0 spiro atoms. The lowest BCUT2D eigenvalue weighted by molar-refractivity contribution is -0.146. The molecule has 38 heavy (non-hydrogen) atoms. The smallest absolute Gasteiger partial charge is 0.408 e. The second-order valence-corrected chi connectivity index (χ2v) is 12.8. The first-order chi connectivity index (χ1) is 17.4. The van der Waals surface area contributed by atoms with Crippen LogP contribution in [0.4, 0.5) is 4.79 Å². The molecule has 0 radical (unpaired) electrons. The lowest BCUT2D eigenvalue weighted by Crippen LogP contribution is -2.58. The number of amides is 3. The van der Waals surface area contributed by atoms with Crippen molar-refractivity contribution in [3.63, 3.8) is 0 Å². The van der Waals surface area contributed by atoms with Crippen LogP contribution in [-0.2, 0) is 14.3 Å². The number of carbonyl (C=O) groups excluding carboxylic acids is 3. The highest BCUT2D eigenvalue weighted by Crippen LogP contribution is 2.30. The first-order valence-corrected chi connectivity index (χ1v) is 13.8. The lowest BCUT2D eigenvalue weighted by atomic mass is 9.93. The quantitative estimate of drug-likeness (QED) is 0.326. The molecule has 0 bridgehead atoms. The number of aromatic hydroxyl groups is 1. The van der Waals surface area contributed by atoms with Crippen molar-refractivity contribution in [2.75, 3.05) is 0 Å². The maximum absolute atomic E-state index is 14.4. The van der Waals surface area contributed by atoms with Gasteiger partial charge in [-0.25, -0.2) is 4.79 Å². The van der Waals surface area contributed by atoms with Gasteiger partial charge in [0.15, 0.2) is 0 Å². The van der Waals surface area contributed by atoms with E-state index in [1.165, 1.54) is 12.1 Å². The molecule has 8 nitrogen and oxygen atoms in total. The van der Waals surface area contributed by atoms with Gasteiger partial charge in [0, 0.05) is 11.6 Å². The number of alkyl carbamates (subject to hydrolysis) is 1. The molecule has 216 valence electrons. The number of carbonyl (C=O) groups is 3. The molecule has 0 saturated carbocycles. The van der Waals surface area contributed by atoms with Gasteiger partial charge in [0.2, 0.25) is 11.8 Å². The molecule has 0 aliphatic heterocycles. The van der Waals surface area contributed by atoms with Crippen molar-refractivity contribution in [2.24, 2.45) is 11.8 Å². The summed E-state index contributed by atoms with van der Waals surface area (Å²) in [6.45, 7) is 21.0. The number of hydrogen-bond donors (Lipinski definition) is 3. The zero-order valence-corrected chi connectivity index (χ0v) is 25.3. The Morgan fingerprint density at radius 1 is 0.947 bits per heavy atom. The Morgan fingerprint density at radius 3 is 1.95 bits per heavy atom. The molecule has 0 heterocycles. The predicted molar refractivity (Wildman–Crippen MR) is 152 cm³/mol. The summed E-state index contributed by atoms with van der Waals surface area (Å²) in [5.41, 5.74) is -0.680. The number of nitrogens with zero attached hydrogens (tertiary/aromatic N) is 1. The number of benzene rings is 1. The first-order valence-electron chi connectivity index (χ1n) is 13.8. The van der Waals surface area contributed by atoms with Crippen molar-refractivity contribution < 1.29 is 24.2 Å². The van der Waals surface area contributed by atoms with Gasteiger partial charge in [-0.3, -0.25) is 9.59 Å². The molecule has 1 rings (SSSR count). The van der Waals surface area contributed by atoms with Crippen LogP contribution in [0.2, 0.25) is 0 Å². The molecule has 0 aliphatic rings. The topological polar surface area (TPSA) is 108 Å². The fourth-order valence-corrected chi connectivity index (χ4v) is 4.12. The van der Waals surface area contributed by atoms with E-state index in [0.29, 0.717) is 24.3 Å². The van der Waals surface area contributed by atoms with E-state index in [4.69, 9.17) is 4.74 Å². The molecule has 1 aromatic carbocycles. The van der Waals surface area contributed by atoms with Crippen LogP contribution in [0, 0.1) is 11.8 Å². The van der Waals surface area contributed by atoms with Gasteiger partial charge in [0.25, 0.3) is 0 Å². The van der Waals surface area contributed by atoms with E-state index in [1.54, 1.807) is 37.8 Å². The molecular formula is C30H51N3O5. The predicted octanol–water partition coefficient (Wildman–Crippen LogP) is 5.94. The Bertz CT molecular complexity index is 915. The second-order valence-electron chi connectivity index (χ2n) is 12.8. The van der Waals surface area contributed by atoms with E-state index >= 15 is 0 Å². The third-order valence-electron chi connectivity index (χ3n) is 6.28. The Kier molecular flexibility index (Phi) is 12.1. The summed E-state index contributed by atoms with van der Waals surface area (Å²) < 4.78 is 5.48. The van der Waals surface area contributed by atoms with Gasteiger partial charge < -0.3 is 25.4 Å².